The van der Waals surface area contributed by atoms with E-state index in [1.165, 1.54) is 0 Å². The van der Waals surface area contributed by atoms with Crippen molar-refractivity contribution < 1.29 is 23.1 Å². The zero-order valence-electron chi connectivity index (χ0n) is 8.67. The van der Waals surface area contributed by atoms with Crippen molar-refractivity contribution in [2.75, 3.05) is 5.73 Å². The van der Waals surface area contributed by atoms with E-state index in [0.717, 1.165) is 6.07 Å². The number of nitrogens with zero attached hydrogens (tertiary/aromatic N) is 1. The average Bonchev–Trinajstić information content (AvgIpc) is 2.18. The third-order valence-electron chi connectivity index (χ3n) is 1.45. The number of alkyl halides is 3. The molecule has 0 radical (unpaired) electrons. The van der Waals surface area contributed by atoms with E-state index in [-0.39, 0.29) is 0 Å². The summed E-state index contributed by atoms with van der Waals surface area (Å²) in [6.07, 6.45) is -4.62. The summed E-state index contributed by atoms with van der Waals surface area (Å²) in [4.78, 5) is 13.3. The van der Waals surface area contributed by atoms with E-state index < -0.39 is 29.2 Å². The third kappa shape index (κ3) is 3.41. The summed E-state index contributed by atoms with van der Waals surface area (Å²) in [5.41, 5.74) is 3.37. The lowest BCUT2D eigenvalue weighted by Crippen LogP contribution is -2.12. The van der Waals surface area contributed by atoms with Crippen LogP contribution < -0.4 is 5.73 Å². The van der Waals surface area contributed by atoms with Crippen molar-refractivity contribution in [2.45, 2.75) is 20.0 Å². The Morgan fingerprint density at radius 2 is 1.88 bits per heavy atom. The van der Waals surface area contributed by atoms with Crippen LogP contribution in [0.1, 0.15) is 29.9 Å². The molecule has 90 valence electrons. The Kier molecular flexibility index (Phi) is 4.74. The quantitative estimate of drug-likeness (QED) is 0.784. The summed E-state index contributed by atoms with van der Waals surface area (Å²) in [6.45, 7) is 4.00. The Balaban J connectivity index is 0.00000106. The minimum atomic E-state index is -4.62. The fourth-order valence-electron chi connectivity index (χ4n) is 0.814. The van der Waals surface area contributed by atoms with E-state index in [1.807, 2.05) is 13.8 Å². The third-order valence-corrected chi connectivity index (χ3v) is 1.45. The van der Waals surface area contributed by atoms with Crippen molar-refractivity contribution in [1.82, 2.24) is 4.98 Å². The summed E-state index contributed by atoms with van der Waals surface area (Å²) in [5, 5.41) is 8.46. The lowest BCUT2D eigenvalue weighted by atomic mass is 10.2. The molecule has 3 N–H and O–H groups in total. The number of nitrogens with two attached hydrogens (primary N) is 1. The molecule has 0 saturated heterocycles. The van der Waals surface area contributed by atoms with Gasteiger partial charge in [0, 0.05) is 0 Å². The first kappa shape index (κ1) is 14.2. The molecule has 16 heavy (non-hydrogen) atoms. The largest absolute Gasteiger partial charge is 0.478 e. The highest BCUT2D eigenvalue weighted by molar-refractivity contribution is 5.92. The second-order valence-corrected chi connectivity index (χ2v) is 2.43. The molecule has 1 aromatic heterocycles. The van der Waals surface area contributed by atoms with Gasteiger partial charge in [0.15, 0.2) is 0 Å². The van der Waals surface area contributed by atoms with Crippen molar-refractivity contribution in [3.05, 3.63) is 23.4 Å². The number of rotatable bonds is 1. The zero-order chi connectivity index (χ0) is 12.9. The topological polar surface area (TPSA) is 76.2 Å². The minimum Gasteiger partial charge on any atom is -0.478 e. The van der Waals surface area contributed by atoms with E-state index in [0.29, 0.717) is 6.07 Å². The molecule has 0 bridgehead atoms. The molecule has 0 unspecified atom stereocenters. The van der Waals surface area contributed by atoms with Crippen LogP contribution in [0.2, 0.25) is 0 Å². The van der Waals surface area contributed by atoms with Gasteiger partial charge in [0.1, 0.15) is 17.1 Å². The predicted octanol–water partition coefficient (Wildman–Crippen LogP) is 2.41. The smallest absolute Gasteiger partial charge is 0.433 e. The molecule has 0 aromatic carbocycles. The molecular weight excluding hydrogens is 225 g/mol. The molecule has 0 aliphatic heterocycles. The first-order chi connectivity index (χ1) is 7.32. The maximum atomic E-state index is 12.0. The fourth-order valence-corrected chi connectivity index (χ4v) is 0.814. The van der Waals surface area contributed by atoms with Gasteiger partial charge in [-0.25, -0.2) is 9.78 Å². The Morgan fingerprint density at radius 1 is 1.38 bits per heavy atom. The summed E-state index contributed by atoms with van der Waals surface area (Å²) < 4.78 is 36.1. The highest BCUT2D eigenvalue weighted by atomic mass is 19.4. The van der Waals surface area contributed by atoms with E-state index in [9.17, 15) is 18.0 Å². The van der Waals surface area contributed by atoms with E-state index in [1.54, 1.807) is 0 Å². The van der Waals surface area contributed by atoms with Crippen LogP contribution in [-0.2, 0) is 6.18 Å². The van der Waals surface area contributed by atoms with Gasteiger partial charge in [-0.1, -0.05) is 13.8 Å². The predicted molar refractivity (Wildman–Crippen MR) is 52.0 cm³/mol. The van der Waals surface area contributed by atoms with Crippen molar-refractivity contribution in [2.24, 2.45) is 0 Å². The van der Waals surface area contributed by atoms with Crippen LogP contribution in [0.5, 0.6) is 0 Å². The van der Waals surface area contributed by atoms with E-state index in [2.05, 4.69) is 4.98 Å². The number of carbonyl (C=O) groups is 1. The van der Waals surface area contributed by atoms with Gasteiger partial charge in [-0.05, 0) is 12.1 Å². The number of nitrogen functional groups attached to an aromatic ring is 1. The van der Waals surface area contributed by atoms with Crippen molar-refractivity contribution in [3.63, 3.8) is 0 Å². The van der Waals surface area contributed by atoms with E-state index in [4.69, 9.17) is 10.8 Å². The molecule has 1 aromatic rings. The number of pyridine rings is 1. The molecule has 0 amide bonds. The molecular formula is C9H11F3N2O2. The van der Waals surface area contributed by atoms with Gasteiger partial charge in [0.2, 0.25) is 0 Å². The lowest BCUT2D eigenvalue weighted by molar-refractivity contribution is -0.141. The number of anilines is 1. The fraction of sp³-hybridized carbons (Fsp3) is 0.333. The highest BCUT2D eigenvalue weighted by Gasteiger charge is 2.33. The molecule has 0 aliphatic rings. The molecule has 1 heterocycles. The first-order valence-corrected chi connectivity index (χ1v) is 4.39. The zero-order valence-corrected chi connectivity index (χ0v) is 8.67. The Labute approximate surface area is 89.9 Å². The summed E-state index contributed by atoms with van der Waals surface area (Å²) >= 11 is 0. The molecule has 7 heteroatoms. The maximum absolute atomic E-state index is 12.0. The molecule has 0 fully saturated rings. The second-order valence-electron chi connectivity index (χ2n) is 2.43. The second kappa shape index (κ2) is 5.34. The normalized spacial score (nSPS) is 10.3. The summed E-state index contributed by atoms with van der Waals surface area (Å²) in [5.74, 6) is -2.06. The molecule has 4 nitrogen and oxygen atoms in total. The van der Waals surface area contributed by atoms with E-state index >= 15 is 0 Å². The van der Waals surface area contributed by atoms with Crippen LogP contribution in [0, 0.1) is 0 Å². The van der Waals surface area contributed by atoms with Gasteiger partial charge in [-0.15, -0.1) is 0 Å². The Morgan fingerprint density at radius 3 is 2.19 bits per heavy atom. The molecule has 0 aliphatic carbocycles. The van der Waals surface area contributed by atoms with Gasteiger partial charge in [-0.2, -0.15) is 13.2 Å². The minimum absolute atomic E-state index is 0.446. The number of halogens is 3. The molecule has 0 saturated carbocycles. The summed E-state index contributed by atoms with van der Waals surface area (Å²) in [6, 6.07) is 1.34. The van der Waals surface area contributed by atoms with Crippen LogP contribution in [0.3, 0.4) is 0 Å². The SMILES string of the molecule is CC.Nc1nc(C(F)(F)F)ccc1C(=O)O. The van der Waals surface area contributed by atoms with Crippen LogP contribution in [0.25, 0.3) is 0 Å². The maximum Gasteiger partial charge on any atom is 0.433 e. The highest BCUT2D eigenvalue weighted by Crippen LogP contribution is 2.28. The summed E-state index contributed by atoms with van der Waals surface area (Å²) in [7, 11) is 0. The van der Waals surface area contributed by atoms with Crippen LogP contribution in [0.4, 0.5) is 19.0 Å². The van der Waals surface area contributed by atoms with Crippen LogP contribution in [0.15, 0.2) is 12.1 Å². The first-order valence-electron chi connectivity index (χ1n) is 4.39. The Hall–Kier alpha value is -1.79. The molecule has 0 atom stereocenters. The van der Waals surface area contributed by atoms with Crippen molar-refractivity contribution in [3.8, 4) is 0 Å². The number of aromatic carboxylic acids is 1. The Bertz CT molecular complexity index is 378. The van der Waals surface area contributed by atoms with Crippen molar-refractivity contribution >= 4 is 11.8 Å². The number of aromatic nitrogens is 1. The molecule has 0 spiro atoms. The standard InChI is InChI=1S/C7H5F3N2O2.C2H6/c8-7(9,10)4-2-1-3(6(13)14)5(11)12-4;1-2/h1-2H,(H2,11,12)(H,13,14);1-2H3. The number of hydrogen-bond donors (Lipinski definition) is 2. The molecule has 1 rings (SSSR count). The van der Waals surface area contributed by atoms with Crippen LogP contribution >= 0.6 is 0 Å². The average molecular weight is 236 g/mol. The monoisotopic (exact) mass is 236 g/mol. The number of hydrogen-bond acceptors (Lipinski definition) is 3. The van der Waals surface area contributed by atoms with Gasteiger partial charge in [0.05, 0.1) is 0 Å². The van der Waals surface area contributed by atoms with Crippen molar-refractivity contribution in [1.29, 1.82) is 0 Å². The lowest BCUT2D eigenvalue weighted by Gasteiger charge is -2.07. The van der Waals surface area contributed by atoms with Gasteiger partial charge < -0.3 is 10.8 Å². The number of carboxylic acids is 1. The number of carboxylic acid groups (broad SMARTS) is 1. The van der Waals surface area contributed by atoms with Gasteiger partial charge in [0.25, 0.3) is 0 Å². The van der Waals surface area contributed by atoms with Gasteiger partial charge in [-0.3, -0.25) is 0 Å². The van der Waals surface area contributed by atoms with Gasteiger partial charge >= 0.3 is 12.1 Å². The van der Waals surface area contributed by atoms with Crippen LogP contribution in [-0.4, -0.2) is 16.1 Å².